The predicted molar refractivity (Wildman–Crippen MR) is 87.2 cm³/mol. The molecule has 2 rings (SSSR count). The maximum Gasteiger partial charge on any atom is 0.339 e. The maximum absolute atomic E-state index is 11.7. The van der Waals surface area contributed by atoms with Gasteiger partial charge in [-0.1, -0.05) is 30.3 Å². The van der Waals surface area contributed by atoms with Gasteiger partial charge in [-0.05, 0) is 36.5 Å². The fourth-order valence-electron chi connectivity index (χ4n) is 1.68. The fourth-order valence-corrected chi connectivity index (χ4v) is 1.85. The summed E-state index contributed by atoms with van der Waals surface area (Å²) in [6.45, 7) is 0. The zero-order valence-electron chi connectivity index (χ0n) is 11.4. The number of hydrazine groups is 1. The summed E-state index contributed by atoms with van der Waals surface area (Å²) in [7, 11) is 1.34. The number of anilines is 2. The molecule has 0 unspecified atom stereocenters. The van der Waals surface area contributed by atoms with Gasteiger partial charge in [0.15, 0.2) is 5.11 Å². The van der Waals surface area contributed by atoms with Crippen molar-refractivity contribution >= 4 is 34.7 Å². The standard InChI is InChI=1S/C15H15N3O2S/c1-20-14(19)12-9-5-6-10-13(12)16-15(21)18-17-11-7-3-2-4-8-11/h2-10,17H,1H3,(H2,16,18,21). The Labute approximate surface area is 128 Å². The van der Waals surface area contributed by atoms with Gasteiger partial charge < -0.3 is 10.1 Å². The minimum Gasteiger partial charge on any atom is -0.465 e. The predicted octanol–water partition coefficient (Wildman–Crippen LogP) is 2.79. The SMILES string of the molecule is COC(=O)c1ccccc1NC(=S)NNc1ccccc1. The first-order chi connectivity index (χ1) is 10.2. The molecule has 0 aliphatic rings. The van der Waals surface area contributed by atoms with E-state index in [1.165, 1.54) is 7.11 Å². The van der Waals surface area contributed by atoms with Crippen LogP contribution in [-0.4, -0.2) is 18.2 Å². The highest BCUT2D eigenvalue weighted by Crippen LogP contribution is 2.15. The lowest BCUT2D eigenvalue weighted by Gasteiger charge is -2.14. The third-order valence-electron chi connectivity index (χ3n) is 2.67. The average Bonchev–Trinajstić information content (AvgIpc) is 2.54. The number of para-hydroxylation sites is 2. The molecule has 0 bridgehead atoms. The van der Waals surface area contributed by atoms with Crippen molar-refractivity contribution in [3.8, 4) is 0 Å². The number of ether oxygens (including phenoxy) is 1. The van der Waals surface area contributed by atoms with Gasteiger partial charge in [-0.25, -0.2) is 4.79 Å². The molecule has 2 aromatic rings. The van der Waals surface area contributed by atoms with Crippen LogP contribution in [0.1, 0.15) is 10.4 Å². The molecule has 0 spiro atoms. The quantitative estimate of drug-likeness (QED) is 0.458. The Morgan fingerprint density at radius 1 is 1.05 bits per heavy atom. The molecule has 0 amide bonds. The van der Waals surface area contributed by atoms with Gasteiger partial charge in [-0.2, -0.15) is 0 Å². The smallest absolute Gasteiger partial charge is 0.339 e. The van der Waals surface area contributed by atoms with Crippen LogP contribution in [0.5, 0.6) is 0 Å². The molecule has 0 aromatic heterocycles. The number of esters is 1. The van der Waals surface area contributed by atoms with E-state index in [1.54, 1.807) is 18.2 Å². The van der Waals surface area contributed by atoms with E-state index in [4.69, 9.17) is 17.0 Å². The monoisotopic (exact) mass is 301 g/mol. The molecule has 0 fully saturated rings. The number of hydrogen-bond acceptors (Lipinski definition) is 4. The van der Waals surface area contributed by atoms with E-state index in [-0.39, 0.29) is 0 Å². The van der Waals surface area contributed by atoms with Crippen molar-refractivity contribution in [3.63, 3.8) is 0 Å². The van der Waals surface area contributed by atoms with Crippen molar-refractivity contribution in [1.82, 2.24) is 5.43 Å². The fraction of sp³-hybridized carbons (Fsp3) is 0.0667. The molecule has 0 aliphatic carbocycles. The van der Waals surface area contributed by atoms with Gasteiger partial charge in [0.05, 0.1) is 24.0 Å². The molecule has 0 saturated heterocycles. The molecule has 0 atom stereocenters. The highest BCUT2D eigenvalue weighted by atomic mass is 32.1. The van der Waals surface area contributed by atoms with E-state index in [0.717, 1.165) is 5.69 Å². The van der Waals surface area contributed by atoms with Crippen molar-refractivity contribution in [3.05, 3.63) is 60.2 Å². The van der Waals surface area contributed by atoms with Crippen LogP contribution in [0.2, 0.25) is 0 Å². The number of nitrogens with one attached hydrogen (secondary N) is 3. The molecule has 3 N–H and O–H groups in total. The lowest BCUT2D eigenvalue weighted by atomic mass is 10.2. The van der Waals surface area contributed by atoms with Crippen LogP contribution in [-0.2, 0) is 4.74 Å². The lowest BCUT2D eigenvalue weighted by Crippen LogP contribution is -2.33. The lowest BCUT2D eigenvalue weighted by molar-refractivity contribution is 0.0602. The van der Waals surface area contributed by atoms with Gasteiger partial charge in [0.25, 0.3) is 0 Å². The van der Waals surface area contributed by atoms with E-state index in [0.29, 0.717) is 16.4 Å². The molecule has 6 heteroatoms. The first-order valence-electron chi connectivity index (χ1n) is 6.26. The summed E-state index contributed by atoms with van der Waals surface area (Å²) in [6, 6.07) is 16.5. The maximum atomic E-state index is 11.7. The van der Waals surface area contributed by atoms with Gasteiger partial charge in [0.1, 0.15) is 0 Å². The third kappa shape index (κ3) is 4.19. The number of benzene rings is 2. The molecule has 0 saturated carbocycles. The summed E-state index contributed by atoms with van der Waals surface area (Å²) < 4.78 is 4.73. The zero-order valence-corrected chi connectivity index (χ0v) is 12.2. The van der Waals surface area contributed by atoms with Gasteiger partial charge >= 0.3 is 5.97 Å². The Bertz CT molecular complexity index is 632. The highest BCUT2D eigenvalue weighted by Gasteiger charge is 2.11. The molecule has 2 aromatic carbocycles. The normalized spacial score (nSPS) is 9.57. The topological polar surface area (TPSA) is 62.4 Å². The molecular weight excluding hydrogens is 286 g/mol. The van der Waals surface area contributed by atoms with Crippen LogP contribution in [0.4, 0.5) is 11.4 Å². The number of thiocarbonyl (C=S) groups is 1. The first-order valence-corrected chi connectivity index (χ1v) is 6.67. The Hall–Kier alpha value is -2.60. The van der Waals surface area contributed by atoms with Crippen LogP contribution < -0.4 is 16.2 Å². The van der Waals surface area contributed by atoms with Gasteiger partial charge in [-0.15, -0.1) is 0 Å². The van der Waals surface area contributed by atoms with Crippen LogP contribution in [0.15, 0.2) is 54.6 Å². The number of rotatable bonds is 4. The molecule has 0 heterocycles. The number of methoxy groups -OCH3 is 1. The van der Waals surface area contributed by atoms with E-state index in [2.05, 4.69) is 16.2 Å². The minimum atomic E-state index is -0.420. The summed E-state index contributed by atoms with van der Waals surface area (Å²) in [5.41, 5.74) is 7.69. The summed E-state index contributed by atoms with van der Waals surface area (Å²) >= 11 is 5.18. The summed E-state index contributed by atoms with van der Waals surface area (Å²) in [6.07, 6.45) is 0. The Morgan fingerprint density at radius 3 is 2.43 bits per heavy atom. The van der Waals surface area contributed by atoms with Crippen LogP contribution in [0, 0.1) is 0 Å². The van der Waals surface area contributed by atoms with E-state index < -0.39 is 5.97 Å². The van der Waals surface area contributed by atoms with Crippen molar-refractivity contribution in [1.29, 1.82) is 0 Å². The number of hydrogen-bond donors (Lipinski definition) is 3. The average molecular weight is 301 g/mol. The Morgan fingerprint density at radius 2 is 1.71 bits per heavy atom. The van der Waals surface area contributed by atoms with Gasteiger partial charge in [0, 0.05) is 0 Å². The summed E-state index contributed by atoms with van der Waals surface area (Å²) in [5.74, 6) is -0.420. The number of carbonyl (C=O) groups is 1. The van der Waals surface area contributed by atoms with Crippen molar-refractivity contribution in [2.45, 2.75) is 0 Å². The first kappa shape index (κ1) is 14.8. The largest absolute Gasteiger partial charge is 0.465 e. The minimum absolute atomic E-state index is 0.343. The van der Waals surface area contributed by atoms with E-state index in [9.17, 15) is 4.79 Å². The summed E-state index contributed by atoms with van der Waals surface area (Å²) in [5, 5.41) is 3.30. The van der Waals surface area contributed by atoms with E-state index in [1.807, 2.05) is 36.4 Å². The third-order valence-corrected chi connectivity index (χ3v) is 2.88. The van der Waals surface area contributed by atoms with Crippen LogP contribution in [0.25, 0.3) is 0 Å². The molecule has 5 nitrogen and oxygen atoms in total. The van der Waals surface area contributed by atoms with Crippen molar-refractivity contribution in [2.24, 2.45) is 0 Å². The summed E-state index contributed by atoms with van der Waals surface area (Å²) in [4.78, 5) is 11.7. The highest BCUT2D eigenvalue weighted by molar-refractivity contribution is 7.80. The van der Waals surface area contributed by atoms with Crippen LogP contribution >= 0.6 is 12.2 Å². The molecule has 0 aliphatic heterocycles. The second kappa shape index (κ2) is 7.25. The van der Waals surface area contributed by atoms with Gasteiger partial charge in [-0.3, -0.25) is 10.9 Å². The zero-order chi connectivity index (χ0) is 15.1. The number of carbonyl (C=O) groups excluding carboxylic acids is 1. The van der Waals surface area contributed by atoms with Crippen molar-refractivity contribution in [2.75, 3.05) is 17.9 Å². The molecular formula is C15H15N3O2S. The Kier molecular flexibility index (Phi) is 5.11. The van der Waals surface area contributed by atoms with E-state index >= 15 is 0 Å². The second-order valence-corrected chi connectivity index (χ2v) is 4.52. The molecule has 21 heavy (non-hydrogen) atoms. The Balaban J connectivity index is 1.98. The van der Waals surface area contributed by atoms with Crippen LogP contribution in [0.3, 0.4) is 0 Å². The molecule has 108 valence electrons. The van der Waals surface area contributed by atoms with Crippen molar-refractivity contribution < 1.29 is 9.53 Å². The van der Waals surface area contributed by atoms with Gasteiger partial charge in [0.2, 0.25) is 0 Å². The molecule has 0 radical (unpaired) electrons. The second-order valence-electron chi connectivity index (χ2n) is 4.11.